The monoisotopic (exact) mass is 437 g/mol. The second-order valence-electron chi connectivity index (χ2n) is 6.26. The first-order chi connectivity index (χ1) is 14.0. The third kappa shape index (κ3) is 3.85. The molecule has 150 valence electrons. The van der Waals surface area contributed by atoms with Crippen molar-refractivity contribution in [1.82, 2.24) is 20.5 Å². The predicted molar refractivity (Wildman–Crippen MR) is 104 cm³/mol. The Balaban J connectivity index is 1.59. The molecule has 2 unspecified atom stereocenters. The van der Waals surface area contributed by atoms with Crippen molar-refractivity contribution in [2.24, 2.45) is 0 Å². The second-order valence-corrected chi connectivity index (χ2v) is 7.63. The van der Waals surface area contributed by atoms with Gasteiger partial charge in [0.1, 0.15) is 28.6 Å². The average Bonchev–Trinajstić information content (AvgIpc) is 3.30. The molecule has 1 aromatic carbocycles. The molecule has 2 atom stereocenters. The third-order valence-electron chi connectivity index (χ3n) is 4.52. The summed E-state index contributed by atoms with van der Waals surface area (Å²) in [6.07, 6.45) is 1.56. The van der Waals surface area contributed by atoms with Crippen LogP contribution in [0.2, 0.25) is 5.15 Å². The highest BCUT2D eigenvalue weighted by Gasteiger charge is 2.39. The van der Waals surface area contributed by atoms with E-state index in [9.17, 15) is 13.6 Å². The van der Waals surface area contributed by atoms with Crippen molar-refractivity contribution in [2.45, 2.75) is 12.0 Å². The van der Waals surface area contributed by atoms with Crippen LogP contribution in [-0.4, -0.2) is 40.8 Å². The largest absolute Gasteiger partial charge is 0.497 e. The number of halogens is 3. The molecule has 0 bridgehead atoms. The standard InChI is InChI=1S/C18H14ClF2N5O2S/c1-28-9-4-11(20)14(12(21)5-9)10-7-23-16(27)15(10)24-18-26-25-17(29-18)8-2-3-13(19)22-6-8/h2-6,10,15H,7H2,1H3,(H,23,27)(H,24,26). The topological polar surface area (TPSA) is 89.0 Å². The van der Waals surface area contributed by atoms with E-state index in [1.165, 1.54) is 18.4 Å². The number of carbonyl (C=O) groups excluding carboxylic acids is 1. The molecule has 1 aliphatic heterocycles. The highest BCUT2D eigenvalue weighted by atomic mass is 35.5. The maximum Gasteiger partial charge on any atom is 0.243 e. The number of benzene rings is 1. The van der Waals surface area contributed by atoms with Crippen LogP contribution < -0.4 is 15.4 Å². The Kier molecular flexibility index (Phi) is 5.29. The molecule has 1 saturated heterocycles. The van der Waals surface area contributed by atoms with Crippen LogP contribution in [0.25, 0.3) is 10.6 Å². The number of rotatable bonds is 5. The van der Waals surface area contributed by atoms with Crippen LogP contribution in [0.3, 0.4) is 0 Å². The maximum atomic E-state index is 14.5. The van der Waals surface area contributed by atoms with Crippen LogP contribution in [-0.2, 0) is 4.79 Å². The molecule has 29 heavy (non-hydrogen) atoms. The van der Waals surface area contributed by atoms with Gasteiger partial charge in [-0.1, -0.05) is 22.9 Å². The minimum atomic E-state index is -0.906. The van der Waals surface area contributed by atoms with E-state index < -0.39 is 23.6 Å². The minimum Gasteiger partial charge on any atom is -0.497 e. The number of ether oxygens (including phenoxy) is 1. The van der Waals surface area contributed by atoms with Gasteiger partial charge < -0.3 is 15.4 Å². The van der Waals surface area contributed by atoms with Crippen LogP contribution in [0, 0.1) is 11.6 Å². The zero-order valence-electron chi connectivity index (χ0n) is 14.9. The van der Waals surface area contributed by atoms with Gasteiger partial charge in [-0.25, -0.2) is 13.8 Å². The lowest BCUT2D eigenvalue weighted by atomic mass is 9.93. The Bertz CT molecular complexity index is 1040. The van der Waals surface area contributed by atoms with E-state index in [2.05, 4.69) is 25.8 Å². The molecule has 0 aliphatic carbocycles. The number of anilines is 1. The van der Waals surface area contributed by atoms with Crippen LogP contribution in [0.4, 0.5) is 13.9 Å². The van der Waals surface area contributed by atoms with E-state index >= 15 is 0 Å². The molecule has 2 aromatic heterocycles. The first-order valence-corrected chi connectivity index (χ1v) is 9.68. The molecule has 1 aliphatic rings. The lowest BCUT2D eigenvalue weighted by molar-refractivity contribution is -0.119. The predicted octanol–water partition coefficient (Wildman–Crippen LogP) is 3.23. The number of methoxy groups -OCH3 is 1. The molecule has 11 heteroatoms. The van der Waals surface area contributed by atoms with E-state index in [0.717, 1.165) is 12.1 Å². The molecule has 3 aromatic rings. The maximum absolute atomic E-state index is 14.5. The van der Waals surface area contributed by atoms with Gasteiger partial charge in [-0.2, -0.15) is 0 Å². The van der Waals surface area contributed by atoms with Crippen molar-refractivity contribution < 1.29 is 18.3 Å². The van der Waals surface area contributed by atoms with Gasteiger partial charge in [0, 0.05) is 41.9 Å². The molecule has 0 radical (unpaired) electrons. The van der Waals surface area contributed by atoms with Crippen molar-refractivity contribution in [1.29, 1.82) is 0 Å². The number of aromatic nitrogens is 3. The lowest BCUT2D eigenvalue weighted by Gasteiger charge is -2.19. The van der Waals surface area contributed by atoms with Crippen molar-refractivity contribution >= 4 is 34.0 Å². The first-order valence-electron chi connectivity index (χ1n) is 8.49. The quantitative estimate of drug-likeness (QED) is 0.596. The van der Waals surface area contributed by atoms with Gasteiger partial charge in [-0.3, -0.25) is 4.79 Å². The Labute approximate surface area is 173 Å². The fraction of sp³-hybridized carbons (Fsp3) is 0.222. The number of nitrogens with zero attached hydrogens (tertiary/aromatic N) is 3. The number of hydrogen-bond acceptors (Lipinski definition) is 7. The van der Waals surface area contributed by atoms with E-state index in [-0.39, 0.29) is 23.8 Å². The summed E-state index contributed by atoms with van der Waals surface area (Å²) in [6.45, 7) is 0.0867. The van der Waals surface area contributed by atoms with Crippen molar-refractivity contribution in [2.75, 3.05) is 19.0 Å². The van der Waals surface area contributed by atoms with Crippen LogP contribution >= 0.6 is 22.9 Å². The van der Waals surface area contributed by atoms with Crippen molar-refractivity contribution in [3.05, 3.63) is 52.8 Å². The van der Waals surface area contributed by atoms with Gasteiger partial charge in [0.05, 0.1) is 7.11 Å². The zero-order chi connectivity index (χ0) is 20.5. The Morgan fingerprint density at radius 2 is 2.03 bits per heavy atom. The van der Waals surface area contributed by atoms with Gasteiger partial charge in [0.25, 0.3) is 0 Å². The van der Waals surface area contributed by atoms with Gasteiger partial charge in [0.2, 0.25) is 11.0 Å². The van der Waals surface area contributed by atoms with Gasteiger partial charge in [0.15, 0.2) is 5.01 Å². The van der Waals surface area contributed by atoms with Crippen LogP contribution in [0.5, 0.6) is 5.75 Å². The number of pyridine rings is 1. The molecular weight excluding hydrogens is 424 g/mol. The first kappa shape index (κ1) is 19.5. The van der Waals surface area contributed by atoms with Crippen LogP contribution in [0.1, 0.15) is 11.5 Å². The number of carbonyl (C=O) groups is 1. The summed E-state index contributed by atoms with van der Waals surface area (Å²) >= 11 is 6.97. The highest BCUT2D eigenvalue weighted by molar-refractivity contribution is 7.18. The molecule has 4 rings (SSSR count). The second kappa shape index (κ2) is 7.88. The molecule has 1 fully saturated rings. The lowest BCUT2D eigenvalue weighted by Crippen LogP contribution is -2.33. The van der Waals surface area contributed by atoms with Gasteiger partial charge >= 0.3 is 0 Å². The SMILES string of the molecule is COc1cc(F)c(C2CNC(=O)C2Nc2nnc(-c3ccc(Cl)nc3)s2)c(F)c1. The molecule has 0 saturated carbocycles. The fourth-order valence-corrected chi connectivity index (χ4v) is 4.01. The van der Waals surface area contributed by atoms with E-state index in [4.69, 9.17) is 16.3 Å². The molecule has 7 nitrogen and oxygen atoms in total. The number of hydrogen-bond donors (Lipinski definition) is 2. The van der Waals surface area contributed by atoms with E-state index in [1.807, 2.05) is 0 Å². The molecule has 3 heterocycles. The summed E-state index contributed by atoms with van der Waals surface area (Å²) in [6, 6.07) is 4.65. The average molecular weight is 438 g/mol. The summed E-state index contributed by atoms with van der Waals surface area (Å²) in [5.74, 6) is -2.64. The van der Waals surface area contributed by atoms with Crippen molar-refractivity contribution in [3.63, 3.8) is 0 Å². The van der Waals surface area contributed by atoms with Gasteiger partial charge in [-0.15, -0.1) is 10.2 Å². The van der Waals surface area contributed by atoms with Crippen molar-refractivity contribution in [3.8, 4) is 16.3 Å². The summed E-state index contributed by atoms with van der Waals surface area (Å²) in [4.78, 5) is 16.3. The Morgan fingerprint density at radius 1 is 1.28 bits per heavy atom. The van der Waals surface area contributed by atoms with Crippen LogP contribution in [0.15, 0.2) is 30.5 Å². The summed E-state index contributed by atoms with van der Waals surface area (Å²) < 4.78 is 33.9. The fourth-order valence-electron chi connectivity index (χ4n) is 3.12. The summed E-state index contributed by atoms with van der Waals surface area (Å²) in [5, 5.41) is 14.9. The molecular formula is C18H14ClF2N5O2S. The number of amides is 1. The Hall–Kier alpha value is -2.85. The third-order valence-corrected chi connectivity index (χ3v) is 5.65. The summed E-state index contributed by atoms with van der Waals surface area (Å²) in [7, 11) is 1.32. The van der Waals surface area contributed by atoms with Gasteiger partial charge in [-0.05, 0) is 12.1 Å². The van der Waals surface area contributed by atoms with E-state index in [1.54, 1.807) is 18.3 Å². The molecule has 1 amide bonds. The molecule has 2 N–H and O–H groups in total. The highest BCUT2D eigenvalue weighted by Crippen LogP contribution is 2.34. The minimum absolute atomic E-state index is 0.0656. The number of nitrogens with one attached hydrogen (secondary N) is 2. The molecule has 0 spiro atoms. The smallest absolute Gasteiger partial charge is 0.243 e. The zero-order valence-corrected chi connectivity index (χ0v) is 16.5. The Morgan fingerprint density at radius 3 is 2.69 bits per heavy atom. The summed E-state index contributed by atoms with van der Waals surface area (Å²) in [5.41, 5.74) is 0.521. The van der Waals surface area contributed by atoms with E-state index in [0.29, 0.717) is 20.9 Å². The normalized spacial score (nSPS) is 18.6.